The second-order valence-electron chi connectivity index (χ2n) is 4.61. The summed E-state index contributed by atoms with van der Waals surface area (Å²) in [6.07, 6.45) is 5.54. The lowest BCUT2D eigenvalue weighted by Crippen LogP contribution is -2.36. The average molecular weight is 224 g/mol. The summed E-state index contributed by atoms with van der Waals surface area (Å²) in [5.41, 5.74) is 3.13. The Morgan fingerprint density at radius 3 is 2.93 bits per heavy atom. The fourth-order valence-electron chi connectivity index (χ4n) is 2.34. The second-order valence-corrected chi connectivity index (χ2v) is 5.55. The predicted molar refractivity (Wildman–Crippen MR) is 65.1 cm³/mol. The molecule has 2 atom stereocenters. The Morgan fingerprint density at radius 1 is 1.47 bits per heavy atom. The van der Waals surface area contributed by atoms with Crippen molar-refractivity contribution in [2.24, 2.45) is 5.92 Å². The summed E-state index contributed by atoms with van der Waals surface area (Å²) in [7, 11) is 0. The van der Waals surface area contributed by atoms with Gasteiger partial charge in [0.25, 0.3) is 0 Å². The molecule has 1 aliphatic carbocycles. The first-order valence-electron chi connectivity index (χ1n) is 5.89. The third-order valence-electron chi connectivity index (χ3n) is 3.48. The fourth-order valence-corrected chi connectivity index (χ4v) is 3.07. The number of nitrogens with zero attached hydrogens (tertiary/aromatic N) is 1. The predicted octanol–water partition coefficient (Wildman–Crippen LogP) is 3.12. The molecule has 2 nitrogen and oxygen atoms in total. The van der Waals surface area contributed by atoms with Gasteiger partial charge >= 0.3 is 0 Å². The summed E-state index contributed by atoms with van der Waals surface area (Å²) in [6, 6.07) is 0.722. The van der Waals surface area contributed by atoms with Crippen LogP contribution in [0.25, 0.3) is 0 Å². The van der Waals surface area contributed by atoms with Crippen molar-refractivity contribution in [1.29, 1.82) is 0 Å². The molecule has 1 aromatic rings. The molecule has 0 bridgehead atoms. The third-order valence-corrected chi connectivity index (χ3v) is 4.42. The van der Waals surface area contributed by atoms with Crippen LogP contribution < -0.4 is 5.32 Å². The Bertz CT molecular complexity index is 308. The van der Waals surface area contributed by atoms with Crippen LogP contribution >= 0.6 is 11.3 Å². The number of thiazole rings is 1. The average Bonchev–Trinajstić information content (AvgIpc) is 2.63. The van der Waals surface area contributed by atoms with E-state index in [1.807, 2.05) is 5.51 Å². The van der Waals surface area contributed by atoms with Crippen LogP contribution in [0.3, 0.4) is 0 Å². The van der Waals surface area contributed by atoms with E-state index in [-0.39, 0.29) is 0 Å². The molecular formula is C12H20N2S. The van der Waals surface area contributed by atoms with Gasteiger partial charge in [-0.2, -0.15) is 0 Å². The van der Waals surface area contributed by atoms with Crippen LogP contribution in [0, 0.1) is 12.8 Å². The molecule has 0 unspecified atom stereocenters. The molecule has 1 aromatic heterocycles. The van der Waals surface area contributed by atoms with Crippen molar-refractivity contribution in [2.45, 2.75) is 52.1 Å². The maximum Gasteiger partial charge on any atom is 0.0798 e. The zero-order valence-corrected chi connectivity index (χ0v) is 10.4. The maximum atomic E-state index is 4.28. The monoisotopic (exact) mass is 224 g/mol. The molecule has 0 saturated heterocycles. The first-order chi connectivity index (χ1) is 7.27. The zero-order chi connectivity index (χ0) is 10.7. The normalized spacial score (nSPS) is 26.8. The van der Waals surface area contributed by atoms with Crippen LogP contribution in [0.1, 0.15) is 43.2 Å². The first kappa shape index (κ1) is 11.1. The first-order valence-corrected chi connectivity index (χ1v) is 6.77. The molecule has 3 heteroatoms. The van der Waals surface area contributed by atoms with Gasteiger partial charge in [0, 0.05) is 17.5 Å². The van der Waals surface area contributed by atoms with E-state index in [0.717, 1.165) is 18.5 Å². The van der Waals surface area contributed by atoms with Gasteiger partial charge in [-0.25, -0.2) is 4.98 Å². The van der Waals surface area contributed by atoms with Gasteiger partial charge in [0.05, 0.1) is 11.2 Å². The highest BCUT2D eigenvalue weighted by Gasteiger charge is 2.20. The van der Waals surface area contributed by atoms with E-state index in [1.165, 1.54) is 36.3 Å². The minimum atomic E-state index is 0.722. The Hall–Kier alpha value is -0.410. The highest BCUT2D eigenvalue weighted by atomic mass is 32.1. The Balaban J connectivity index is 1.84. The van der Waals surface area contributed by atoms with Crippen LogP contribution in [0.15, 0.2) is 5.51 Å². The van der Waals surface area contributed by atoms with Crippen molar-refractivity contribution in [1.82, 2.24) is 10.3 Å². The van der Waals surface area contributed by atoms with Crippen LogP contribution in [-0.2, 0) is 6.54 Å². The molecule has 0 amide bonds. The quantitative estimate of drug-likeness (QED) is 0.853. The van der Waals surface area contributed by atoms with E-state index in [4.69, 9.17) is 0 Å². The number of aryl methyl sites for hydroxylation is 1. The lowest BCUT2D eigenvalue weighted by molar-refractivity contribution is 0.280. The minimum Gasteiger partial charge on any atom is -0.309 e. The topological polar surface area (TPSA) is 24.9 Å². The molecule has 0 spiro atoms. The highest BCUT2D eigenvalue weighted by molar-refractivity contribution is 7.09. The number of aromatic nitrogens is 1. The summed E-state index contributed by atoms with van der Waals surface area (Å²) >= 11 is 1.77. The van der Waals surface area contributed by atoms with E-state index in [1.54, 1.807) is 11.3 Å². The van der Waals surface area contributed by atoms with E-state index in [0.29, 0.717) is 0 Å². The molecule has 1 heterocycles. The van der Waals surface area contributed by atoms with E-state index >= 15 is 0 Å². The molecule has 84 valence electrons. The maximum absolute atomic E-state index is 4.28. The zero-order valence-electron chi connectivity index (χ0n) is 9.62. The number of rotatable bonds is 3. The summed E-state index contributed by atoms with van der Waals surface area (Å²) in [6.45, 7) is 5.47. The third kappa shape index (κ3) is 2.79. The van der Waals surface area contributed by atoms with Crippen molar-refractivity contribution in [3.63, 3.8) is 0 Å². The van der Waals surface area contributed by atoms with Gasteiger partial charge < -0.3 is 5.32 Å². The van der Waals surface area contributed by atoms with Gasteiger partial charge in [-0.05, 0) is 25.7 Å². The van der Waals surface area contributed by atoms with Gasteiger partial charge in [-0.15, -0.1) is 11.3 Å². The van der Waals surface area contributed by atoms with Gasteiger partial charge in [0.2, 0.25) is 0 Å². The summed E-state index contributed by atoms with van der Waals surface area (Å²) in [4.78, 5) is 5.67. The Labute approximate surface area is 96.1 Å². The minimum absolute atomic E-state index is 0.722. The molecule has 0 aromatic carbocycles. The summed E-state index contributed by atoms with van der Waals surface area (Å²) in [5.74, 6) is 0.840. The lowest BCUT2D eigenvalue weighted by atomic mass is 9.86. The summed E-state index contributed by atoms with van der Waals surface area (Å²) < 4.78 is 0. The number of hydrogen-bond donors (Lipinski definition) is 1. The van der Waals surface area contributed by atoms with E-state index in [2.05, 4.69) is 24.1 Å². The van der Waals surface area contributed by atoms with Crippen LogP contribution in [-0.4, -0.2) is 11.0 Å². The van der Waals surface area contributed by atoms with Crippen molar-refractivity contribution < 1.29 is 0 Å². The van der Waals surface area contributed by atoms with Gasteiger partial charge in [0.1, 0.15) is 0 Å². The van der Waals surface area contributed by atoms with Crippen molar-refractivity contribution >= 4 is 11.3 Å². The molecule has 2 rings (SSSR count). The molecule has 1 fully saturated rings. The number of hydrogen-bond acceptors (Lipinski definition) is 3. The van der Waals surface area contributed by atoms with Crippen molar-refractivity contribution in [3.05, 3.63) is 16.1 Å². The SMILES string of the molecule is Cc1ncsc1CN[C@@H]1CCCC[C@H]1C. The van der Waals surface area contributed by atoms with Crippen LogP contribution in [0.2, 0.25) is 0 Å². The molecule has 0 radical (unpaired) electrons. The molecular weight excluding hydrogens is 204 g/mol. The molecule has 1 aliphatic rings. The van der Waals surface area contributed by atoms with E-state index in [9.17, 15) is 0 Å². The fraction of sp³-hybridized carbons (Fsp3) is 0.750. The molecule has 1 N–H and O–H groups in total. The van der Waals surface area contributed by atoms with Gasteiger partial charge in [0.15, 0.2) is 0 Å². The molecule has 1 saturated carbocycles. The van der Waals surface area contributed by atoms with Crippen molar-refractivity contribution in [3.8, 4) is 0 Å². The highest BCUT2D eigenvalue weighted by Crippen LogP contribution is 2.24. The summed E-state index contributed by atoms with van der Waals surface area (Å²) in [5, 5.41) is 3.68. The second kappa shape index (κ2) is 5.08. The standard InChI is InChI=1S/C12H20N2S/c1-9-5-3-4-6-11(9)13-7-12-10(2)14-8-15-12/h8-9,11,13H,3-7H2,1-2H3/t9-,11-/m1/s1. The van der Waals surface area contributed by atoms with Crippen LogP contribution in [0.5, 0.6) is 0 Å². The van der Waals surface area contributed by atoms with Crippen LogP contribution in [0.4, 0.5) is 0 Å². The van der Waals surface area contributed by atoms with E-state index < -0.39 is 0 Å². The Morgan fingerprint density at radius 2 is 2.27 bits per heavy atom. The lowest BCUT2D eigenvalue weighted by Gasteiger charge is -2.29. The molecule has 15 heavy (non-hydrogen) atoms. The number of nitrogens with one attached hydrogen (secondary N) is 1. The largest absolute Gasteiger partial charge is 0.309 e. The van der Waals surface area contributed by atoms with Gasteiger partial charge in [-0.3, -0.25) is 0 Å². The smallest absolute Gasteiger partial charge is 0.0798 e. The Kier molecular flexibility index (Phi) is 3.76. The van der Waals surface area contributed by atoms with Gasteiger partial charge in [-0.1, -0.05) is 19.8 Å². The van der Waals surface area contributed by atoms with Crippen molar-refractivity contribution in [2.75, 3.05) is 0 Å². The molecule has 0 aliphatic heterocycles.